The van der Waals surface area contributed by atoms with Crippen molar-refractivity contribution in [2.45, 2.75) is 38.4 Å². The second-order valence-corrected chi connectivity index (χ2v) is 4.60. The Morgan fingerprint density at radius 3 is 2.93 bits per heavy atom. The fourth-order valence-corrected chi connectivity index (χ4v) is 2.42. The molecule has 2 aliphatic heterocycles. The van der Waals surface area contributed by atoms with Gasteiger partial charge >= 0.3 is 0 Å². The van der Waals surface area contributed by atoms with Gasteiger partial charge in [0, 0.05) is 32.1 Å². The summed E-state index contributed by atoms with van der Waals surface area (Å²) < 4.78 is 2.29. The van der Waals surface area contributed by atoms with Gasteiger partial charge in [-0.15, -0.1) is 10.2 Å². The molecule has 1 aromatic heterocycles. The highest BCUT2D eigenvalue weighted by Crippen LogP contribution is 2.17. The molecule has 0 saturated carbocycles. The quantitative estimate of drug-likeness (QED) is 0.727. The molecule has 0 unspecified atom stereocenters. The van der Waals surface area contributed by atoms with Gasteiger partial charge in [0.05, 0.1) is 6.54 Å². The fraction of sp³-hybridized carbons (Fsp3) is 0.800. The maximum absolute atomic E-state index is 5.75. The summed E-state index contributed by atoms with van der Waals surface area (Å²) in [7, 11) is 0. The van der Waals surface area contributed by atoms with E-state index in [1.165, 1.54) is 18.7 Å². The summed E-state index contributed by atoms with van der Waals surface area (Å²) in [6, 6.07) is 0.369. The standard InChI is InChI=1S/C10H17N5/c11-8-5-14(6-8)7-10-13-12-9-3-1-2-4-15(9)10/h8H,1-7,11H2. The van der Waals surface area contributed by atoms with Crippen LogP contribution in [-0.4, -0.2) is 38.8 Å². The largest absolute Gasteiger partial charge is 0.325 e. The number of fused-ring (bicyclic) bond motifs is 1. The fourth-order valence-electron chi connectivity index (χ4n) is 2.42. The molecule has 0 aromatic carbocycles. The van der Waals surface area contributed by atoms with Crippen molar-refractivity contribution in [1.29, 1.82) is 0 Å². The predicted octanol–water partition coefficient (Wildman–Crippen LogP) is -0.243. The van der Waals surface area contributed by atoms with Crippen molar-refractivity contribution >= 4 is 0 Å². The number of aryl methyl sites for hydroxylation is 1. The van der Waals surface area contributed by atoms with Gasteiger partial charge in [0.15, 0.2) is 0 Å². The van der Waals surface area contributed by atoms with E-state index < -0.39 is 0 Å². The molecular formula is C10H17N5. The minimum atomic E-state index is 0.369. The highest BCUT2D eigenvalue weighted by atomic mass is 15.3. The minimum Gasteiger partial charge on any atom is -0.325 e. The predicted molar refractivity (Wildman–Crippen MR) is 56.2 cm³/mol. The second kappa shape index (κ2) is 3.57. The molecule has 3 heterocycles. The summed E-state index contributed by atoms with van der Waals surface area (Å²) in [5.41, 5.74) is 5.75. The van der Waals surface area contributed by atoms with Gasteiger partial charge in [-0.1, -0.05) is 0 Å². The SMILES string of the molecule is NC1CN(Cc2nnc3n2CCCC3)C1. The van der Waals surface area contributed by atoms with Gasteiger partial charge in [-0.05, 0) is 12.8 Å². The number of hydrogen-bond acceptors (Lipinski definition) is 4. The number of aromatic nitrogens is 3. The summed E-state index contributed by atoms with van der Waals surface area (Å²) in [5.74, 6) is 2.29. The van der Waals surface area contributed by atoms with Crippen molar-refractivity contribution in [2.24, 2.45) is 5.73 Å². The van der Waals surface area contributed by atoms with E-state index in [2.05, 4.69) is 19.7 Å². The van der Waals surface area contributed by atoms with E-state index in [-0.39, 0.29) is 0 Å². The number of hydrogen-bond donors (Lipinski definition) is 1. The third-order valence-corrected chi connectivity index (χ3v) is 3.29. The summed E-state index contributed by atoms with van der Waals surface area (Å²) in [6.45, 7) is 4.02. The smallest absolute Gasteiger partial charge is 0.147 e. The first-order chi connectivity index (χ1) is 7.33. The molecule has 15 heavy (non-hydrogen) atoms. The van der Waals surface area contributed by atoms with Crippen LogP contribution in [0.15, 0.2) is 0 Å². The Balaban J connectivity index is 1.72. The molecule has 5 nitrogen and oxygen atoms in total. The Morgan fingerprint density at radius 1 is 1.27 bits per heavy atom. The molecule has 1 saturated heterocycles. The number of rotatable bonds is 2. The van der Waals surface area contributed by atoms with Gasteiger partial charge in [-0.25, -0.2) is 0 Å². The monoisotopic (exact) mass is 207 g/mol. The molecule has 0 atom stereocenters. The van der Waals surface area contributed by atoms with Crippen LogP contribution in [0.2, 0.25) is 0 Å². The van der Waals surface area contributed by atoms with Gasteiger partial charge in [0.2, 0.25) is 0 Å². The Labute approximate surface area is 89.3 Å². The first kappa shape index (κ1) is 9.30. The number of nitrogens with zero attached hydrogens (tertiary/aromatic N) is 4. The molecule has 0 amide bonds. The van der Waals surface area contributed by atoms with Gasteiger partial charge in [0.25, 0.3) is 0 Å². The average molecular weight is 207 g/mol. The van der Waals surface area contributed by atoms with Crippen molar-refractivity contribution < 1.29 is 0 Å². The van der Waals surface area contributed by atoms with Crippen molar-refractivity contribution in [3.8, 4) is 0 Å². The van der Waals surface area contributed by atoms with Crippen molar-refractivity contribution in [3.05, 3.63) is 11.6 Å². The van der Waals surface area contributed by atoms with Crippen LogP contribution in [0.1, 0.15) is 24.5 Å². The molecule has 0 aliphatic carbocycles. The van der Waals surface area contributed by atoms with Crippen LogP contribution in [0, 0.1) is 0 Å². The zero-order valence-corrected chi connectivity index (χ0v) is 8.89. The lowest BCUT2D eigenvalue weighted by atomic mass is 10.1. The van der Waals surface area contributed by atoms with E-state index in [0.29, 0.717) is 6.04 Å². The van der Waals surface area contributed by atoms with Crippen molar-refractivity contribution in [2.75, 3.05) is 13.1 Å². The van der Waals surface area contributed by atoms with Gasteiger partial charge in [-0.2, -0.15) is 0 Å². The molecule has 0 spiro atoms. The Morgan fingerprint density at radius 2 is 2.13 bits per heavy atom. The molecule has 5 heteroatoms. The van der Waals surface area contributed by atoms with Crippen LogP contribution in [0.3, 0.4) is 0 Å². The van der Waals surface area contributed by atoms with Crippen LogP contribution >= 0.6 is 0 Å². The highest BCUT2D eigenvalue weighted by Gasteiger charge is 2.25. The maximum Gasteiger partial charge on any atom is 0.147 e. The van der Waals surface area contributed by atoms with Crippen molar-refractivity contribution in [3.63, 3.8) is 0 Å². The lowest BCUT2D eigenvalue weighted by Gasteiger charge is -2.36. The first-order valence-corrected chi connectivity index (χ1v) is 5.72. The third kappa shape index (κ3) is 1.66. The topological polar surface area (TPSA) is 60.0 Å². The number of likely N-dealkylation sites (tertiary alicyclic amines) is 1. The molecule has 2 N–H and O–H groups in total. The molecule has 3 rings (SSSR count). The van der Waals surface area contributed by atoms with Gasteiger partial charge in [0.1, 0.15) is 11.6 Å². The van der Waals surface area contributed by atoms with E-state index in [4.69, 9.17) is 5.73 Å². The van der Waals surface area contributed by atoms with Crippen LogP contribution in [0.25, 0.3) is 0 Å². The van der Waals surface area contributed by atoms with Crippen LogP contribution in [0.4, 0.5) is 0 Å². The zero-order valence-electron chi connectivity index (χ0n) is 8.89. The van der Waals surface area contributed by atoms with E-state index in [0.717, 1.165) is 38.4 Å². The van der Waals surface area contributed by atoms with Gasteiger partial charge in [-0.3, -0.25) is 4.90 Å². The molecule has 0 bridgehead atoms. The summed E-state index contributed by atoms with van der Waals surface area (Å²) in [5, 5.41) is 8.52. The summed E-state index contributed by atoms with van der Waals surface area (Å²) in [6.07, 6.45) is 3.61. The summed E-state index contributed by atoms with van der Waals surface area (Å²) >= 11 is 0. The molecule has 0 radical (unpaired) electrons. The van der Waals surface area contributed by atoms with Crippen LogP contribution < -0.4 is 5.73 Å². The average Bonchev–Trinajstić information content (AvgIpc) is 2.60. The molecule has 82 valence electrons. The molecular weight excluding hydrogens is 190 g/mol. The minimum absolute atomic E-state index is 0.369. The van der Waals surface area contributed by atoms with Crippen LogP contribution in [-0.2, 0) is 19.5 Å². The molecule has 1 aromatic rings. The maximum atomic E-state index is 5.75. The number of nitrogens with two attached hydrogens (primary N) is 1. The van der Waals surface area contributed by atoms with E-state index in [1.54, 1.807) is 0 Å². The molecule has 2 aliphatic rings. The summed E-state index contributed by atoms with van der Waals surface area (Å²) in [4.78, 5) is 2.33. The molecule has 1 fully saturated rings. The lowest BCUT2D eigenvalue weighted by molar-refractivity contribution is 0.136. The van der Waals surface area contributed by atoms with Crippen molar-refractivity contribution in [1.82, 2.24) is 19.7 Å². The Bertz CT molecular complexity index is 353. The highest BCUT2D eigenvalue weighted by molar-refractivity contribution is 5.00. The van der Waals surface area contributed by atoms with Gasteiger partial charge < -0.3 is 10.3 Å². The normalized spacial score (nSPS) is 22.5. The Kier molecular flexibility index (Phi) is 2.21. The van der Waals surface area contributed by atoms with E-state index >= 15 is 0 Å². The van der Waals surface area contributed by atoms with Crippen LogP contribution in [0.5, 0.6) is 0 Å². The third-order valence-electron chi connectivity index (χ3n) is 3.29. The second-order valence-electron chi connectivity index (χ2n) is 4.60. The van der Waals surface area contributed by atoms with E-state index in [9.17, 15) is 0 Å². The zero-order chi connectivity index (χ0) is 10.3. The van der Waals surface area contributed by atoms with E-state index in [1.807, 2.05) is 0 Å². The first-order valence-electron chi connectivity index (χ1n) is 5.72. The Hall–Kier alpha value is -0.940. The lowest BCUT2D eigenvalue weighted by Crippen LogP contribution is -2.55.